The molecule has 1 saturated heterocycles. The van der Waals surface area contributed by atoms with Gasteiger partial charge in [0.2, 0.25) is 5.91 Å². The van der Waals surface area contributed by atoms with Gasteiger partial charge in [-0.05, 0) is 85.9 Å². The molecule has 3 N–H and O–H groups in total. The van der Waals surface area contributed by atoms with Gasteiger partial charge in [0, 0.05) is 42.3 Å². The molecule has 6 rings (SSSR count). The average Bonchev–Trinajstić information content (AvgIpc) is 3.08. The van der Waals surface area contributed by atoms with Crippen LogP contribution in [-0.4, -0.2) is 35.0 Å². The molecule has 0 radical (unpaired) electrons. The Bertz CT molecular complexity index is 1230. The summed E-state index contributed by atoms with van der Waals surface area (Å²) in [5.74, 6) is 0.858. The number of amides is 1. The van der Waals surface area contributed by atoms with Gasteiger partial charge >= 0.3 is 0 Å². The summed E-state index contributed by atoms with van der Waals surface area (Å²) >= 11 is 0. The Labute approximate surface area is 201 Å². The van der Waals surface area contributed by atoms with Gasteiger partial charge in [0.05, 0.1) is 11.2 Å². The Hall–Kier alpha value is -2.99. The molecule has 1 aromatic carbocycles. The second-order valence-corrected chi connectivity index (χ2v) is 10.2. The van der Waals surface area contributed by atoms with E-state index in [-0.39, 0.29) is 17.9 Å². The molecule has 1 aliphatic heterocycles. The third kappa shape index (κ3) is 4.05. The lowest BCUT2D eigenvalue weighted by atomic mass is 9.85. The van der Waals surface area contributed by atoms with E-state index in [2.05, 4.69) is 33.4 Å². The second-order valence-electron chi connectivity index (χ2n) is 10.2. The number of benzene rings is 1. The zero-order valence-electron chi connectivity index (χ0n) is 19.7. The minimum atomic E-state index is 0.0916. The zero-order valence-corrected chi connectivity index (χ0v) is 19.7. The van der Waals surface area contributed by atoms with Crippen LogP contribution in [0.2, 0.25) is 0 Å². The first-order chi connectivity index (χ1) is 16.7. The highest BCUT2D eigenvalue weighted by atomic mass is 16.2. The predicted molar refractivity (Wildman–Crippen MR) is 137 cm³/mol. The highest BCUT2D eigenvalue weighted by molar-refractivity contribution is 5.97. The van der Waals surface area contributed by atoms with Gasteiger partial charge in [-0.3, -0.25) is 9.78 Å². The lowest BCUT2D eigenvalue weighted by molar-refractivity contribution is -0.122. The van der Waals surface area contributed by atoms with Gasteiger partial charge in [0.1, 0.15) is 5.82 Å². The van der Waals surface area contributed by atoms with Crippen LogP contribution in [0.1, 0.15) is 56.2 Å². The Morgan fingerprint density at radius 2 is 1.85 bits per heavy atom. The van der Waals surface area contributed by atoms with Crippen LogP contribution < -0.4 is 16.0 Å². The maximum absolute atomic E-state index is 12.4. The number of rotatable bonds is 4. The molecule has 3 heterocycles. The summed E-state index contributed by atoms with van der Waals surface area (Å²) < 4.78 is 0. The molecule has 1 amide bonds. The molecule has 3 aliphatic rings. The van der Waals surface area contributed by atoms with Crippen molar-refractivity contribution in [3.8, 4) is 11.1 Å². The monoisotopic (exact) mass is 455 g/mol. The normalized spacial score (nSPS) is 20.6. The summed E-state index contributed by atoms with van der Waals surface area (Å²) in [6.07, 6.45) is 11.8. The van der Waals surface area contributed by atoms with Gasteiger partial charge in [-0.15, -0.1) is 0 Å². The molecule has 2 aromatic heterocycles. The van der Waals surface area contributed by atoms with Crippen molar-refractivity contribution in [3.05, 3.63) is 47.8 Å². The van der Waals surface area contributed by atoms with Crippen LogP contribution in [-0.2, 0) is 17.6 Å². The molecule has 1 saturated carbocycles. The number of carbonyl (C=O) groups excluding carboxylic acids is 1. The molecule has 6 heteroatoms. The lowest BCUT2D eigenvalue weighted by Gasteiger charge is -2.25. The fourth-order valence-electron chi connectivity index (χ4n) is 5.68. The zero-order chi connectivity index (χ0) is 23.1. The summed E-state index contributed by atoms with van der Waals surface area (Å²) in [4.78, 5) is 24.4. The highest BCUT2D eigenvalue weighted by Crippen LogP contribution is 2.39. The number of aromatic nitrogens is 2. The Balaban J connectivity index is 1.41. The molecule has 0 spiro atoms. The number of hydrogen-bond donors (Lipinski definition) is 2. The molecule has 34 heavy (non-hydrogen) atoms. The number of hydrogen-bond acceptors (Lipinski definition) is 5. The summed E-state index contributed by atoms with van der Waals surface area (Å²) in [6, 6.07) is 10.8. The molecule has 6 nitrogen and oxygen atoms in total. The van der Waals surface area contributed by atoms with E-state index in [4.69, 9.17) is 10.7 Å². The van der Waals surface area contributed by atoms with Gasteiger partial charge in [-0.1, -0.05) is 18.9 Å². The number of aryl methyl sites for hydroxylation is 1. The van der Waals surface area contributed by atoms with Crippen molar-refractivity contribution < 1.29 is 4.79 Å². The third-order valence-corrected chi connectivity index (χ3v) is 7.84. The van der Waals surface area contributed by atoms with Gasteiger partial charge < -0.3 is 16.0 Å². The first kappa shape index (κ1) is 21.5. The minimum Gasteiger partial charge on any atom is -0.369 e. The van der Waals surface area contributed by atoms with Crippen molar-refractivity contribution in [2.75, 3.05) is 23.3 Å². The molecule has 176 valence electrons. The maximum atomic E-state index is 12.4. The predicted octanol–water partition coefficient (Wildman–Crippen LogP) is 4.84. The van der Waals surface area contributed by atoms with E-state index in [0.29, 0.717) is 5.82 Å². The van der Waals surface area contributed by atoms with Crippen LogP contribution in [0.4, 0.5) is 11.5 Å². The standard InChI is InChI=1S/C28H33N5O/c29-21-12-14-33(17-21)27-22-7-2-1-3-8-24(22)31-25-10-9-19(15-23(25)27)20-11-13-30-26(16-20)32-28(34)18-5-4-6-18/h9-11,13,15-16,18,21H,1-8,12,14,17,29H2,(H,30,32,34). The van der Waals surface area contributed by atoms with E-state index in [9.17, 15) is 4.79 Å². The van der Waals surface area contributed by atoms with E-state index in [0.717, 1.165) is 68.3 Å². The quantitative estimate of drug-likeness (QED) is 0.550. The number of nitrogens with one attached hydrogen (secondary N) is 1. The van der Waals surface area contributed by atoms with Crippen molar-refractivity contribution in [1.29, 1.82) is 0 Å². The average molecular weight is 456 g/mol. The van der Waals surface area contributed by atoms with Gasteiger partial charge in [0.15, 0.2) is 0 Å². The number of carbonyl (C=O) groups is 1. The van der Waals surface area contributed by atoms with E-state index >= 15 is 0 Å². The number of nitrogens with two attached hydrogens (primary N) is 1. The fourth-order valence-corrected chi connectivity index (χ4v) is 5.68. The van der Waals surface area contributed by atoms with E-state index in [1.165, 1.54) is 41.6 Å². The van der Waals surface area contributed by atoms with E-state index in [1.54, 1.807) is 6.20 Å². The first-order valence-corrected chi connectivity index (χ1v) is 12.9. The maximum Gasteiger partial charge on any atom is 0.228 e. The largest absolute Gasteiger partial charge is 0.369 e. The highest BCUT2D eigenvalue weighted by Gasteiger charge is 2.27. The third-order valence-electron chi connectivity index (χ3n) is 7.84. The van der Waals surface area contributed by atoms with Crippen molar-refractivity contribution in [2.24, 2.45) is 11.7 Å². The SMILES string of the molecule is NC1CCN(c2c3c(nc4ccc(-c5ccnc(NC(=O)C6CCC6)c5)cc24)CCCCC3)C1. The molecule has 1 atom stereocenters. The first-order valence-electron chi connectivity index (χ1n) is 12.9. The summed E-state index contributed by atoms with van der Waals surface area (Å²) in [5.41, 5.74) is 13.6. The second kappa shape index (κ2) is 8.99. The van der Waals surface area contributed by atoms with Gasteiger partial charge in [0.25, 0.3) is 0 Å². The van der Waals surface area contributed by atoms with Crippen LogP contribution in [0.15, 0.2) is 36.5 Å². The Morgan fingerprint density at radius 1 is 1.00 bits per heavy atom. The molecule has 3 aromatic rings. The topological polar surface area (TPSA) is 84.1 Å². The minimum absolute atomic E-state index is 0.0916. The van der Waals surface area contributed by atoms with Crippen LogP contribution >= 0.6 is 0 Å². The molecule has 0 bridgehead atoms. The van der Waals surface area contributed by atoms with Crippen molar-refractivity contribution in [2.45, 2.75) is 63.8 Å². The molecule has 2 aliphatic carbocycles. The summed E-state index contributed by atoms with van der Waals surface area (Å²) in [5, 5.41) is 4.23. The molecule has 2 fully saturated rings. The van der Waals surface area contributed by atoms with Crippen molar-refractivity contribution in [3.63, 3.8) is 0 Å². The summed E-state index contributed by atoms with van der Waals surface area (Å²) in [7, 11) is 0. The van der Waals surface area contributed by atoms with Gasteiger partial charge in [-0.25, -0.2) is 4.98 Å². The number of nitrogens with zero attached hydrogens (tertiary/aromatic N) is 3. The van der Waals surface area contributed by atoms with Crippen molar-refractivity contribution in [1.82, 2.24) is 9.97 Å². The molecular weight excluding hydrogens is 422 g/mol. The fraction of sp³-hybridized carbons (Fsp3) is 0.464. The number of anilines is 2. The lowest BCUT2D eigenvalue weighted by Crippen LogP contribution is -2.28. The van der Waals surface area contributed by atoms with Crippen LogP contribution in [0.25, 0.3) is 22.0 Å². The smallest absolute Gasteiger partial charge is 0.228 e. The van der Waals surface area contributed by atoms with Gasteiger partial charge in [-0.2, -0.15) is 0 Å². The van der Waals surface area contributed by atoms with E-state index in [1.807, 2.05) is 12.1 Å². The van der Waals surface area contributed by atoms with Crippen molar-refractivity contribution >= 4 is 28.3 Å². The number of pyridine rings is 2. The molecule has 1 unspecified atom stereocenters. The molecular formula is C28H33N5O. The van der Waals surface area contributed by atoms with Crippen LogP contribution in [0.5, 0.6) is 0 Å². The van der Waals surface area contributed by atoms with Crippen LogP contribution in [0.3, 0.4) is 0 Å². The Morgan fingerprint density at radius 3 is 2.65 bits per heavy atom. The Kier molecular flexibility index (Phi) is 5.69. The van der Waals surface area contributed by atoms with E-state index < -0.39 is 0 Å². The number of fused-ring (bicyclic) bond motifs is 2. The summed E-state index contributed by atoms with van der Waals surface area (Å²) in [6.45, 7) is 1.91. The van der Waals surface area contributed by atoms with Crippen LogP contribution in [0, 0.1) is 5.92 Å².